The zero-order chi connectivity index (χ0) is 11.9. The van der Waals surface area contributed by atoms with Gasteiger partial charge in [-0.3, -0.25) is 0 Å². The molecule has 1 nitrogen and oxygen atoms in total. The van der Waals surface area contributed by atoms with Crippen molar-refractivity contribution in [2.75, 3.05) is 0 Å². The van der Waals surface area contributed by atoms with Crippen LogP contribution in [0, 0.1) is 0 Å². The van der Waals surface area contributed by atoms with Gasteiger partial charge in [0.15, 0.2) is 0 Å². The SMILES string of the molecule is BrCc1ccc(S/N=C/c2ccccc2)cc1. The smallest absolute Gasteiger partial charge is 0.0428 e. The zero-order valence-electron chi connectivity index (χ0n) is 9.21. The summed E-state index contributed by atoms with van der Waals surface area (Å²) < 4.78 is 4.35. The van der Waals surface area contributed by atoms with Crippen LogP contribution in [-0.4, -0.2) is 6.21 Å². The van der Waals surface area contributed by atoms with Gasteiger partial charge in [0.25, 0.3) is 0 Å². The predicted molar refractivity (Wildman–Crippen MR) is 79.0 cm³/mol. The highest BCUT2D eigenvalue weighted by Crippen LogP contribution is 2.20. The molecule has 17 heavy (non-hydrogen) atoms. The molecule has 0 radical (unpaired) electrons. The highest BCUT2D eigenvalue weighted by Gasteiger charge is 1.93. The second-order valence-corrected chi connectivity index (χ2v) is 4.94. The summed E-state index contributed by atoms with van der Waals surface area (Å²) in [5.41, 5.74) is 2.40. The highest BCUT2D eigenvalue weighted by atomic mass is 79.9. The number of nitrogens with zero attached hydrogens (tertiary/aromatic N) is 1. The van der Waals surface area contributed by atoms with E-state index in [2.05, 4.69) is 44.6 Å². The molecule has 0 spiro atoms. The normalized spacial score (nSPS) is 10.9. The van der Waals surface area contributed by atoms with Crippen LogP contribution < -0.4 is 0 Å². The van der Waals surface area contributed by atoms with Gasteiger partial charge in [-0.1, -0.05) is 58.4 Å². The highest BCUT2D eigenvalue weighted by molar-refractivity contribution is 9.08. The molecule has 3 heteroatoms. The van der Waals surface area contributed by atoms with E-state index in [1.807, 2.05) is 36.5 Å². The molecule has 2 aromatic carbocycles. The molecule has 2 rings (SSSR count). The molecule has 2 aromatic rings. The van der Waals surface area contributed by atoms with Crippen molar-refractivity contribution in [2.45, 2.75) is 10.2 Å². The molecule has 0 saturated carbocycles. The molecule has 0 N–H and O–H groups in total. The van der Waals surface area contributed by atoms with Crippen LogP contribution in [0.5, 0.6) is 0 Å². The lowest BCUT2D eigenvalue weighted by molar-refractivity contribution is 1.36. The van der Waals surface area contributed by atoms with Crippen molar-refractivity contribution in [3.8, 4) is 0 Å². The number of hydrogen-bond donors (Lipinski definition) is 0. The minimum atomic E-state index is 0.894. The Kier molecular flexibility index (Phi) is 4.83. The van der Waals surface area contributed by atoms with Gasteiger partial charge in [0.05, 0.1) is 0 Å². The van der Waals surface area contributed by atoms with Gasteiger partial charge in [-0.15, -0.1) is 0 Å². The zero-order valence-corrected chi connectivity index (χ0v) is 11.6. The van der Waals surface area contributed by atoms with E-state index < -0.39 is 0 Å². The van der Waals surface area contributed by atoms with Gasteiger partial charge in [-0.2, -0.15) is 0 Å². The van der Waals surface area contributed by atoms with Gasteiger partial charge >= 0.3 is 0 Å². The van der Waals surface area contributed by atoms with Gasteiger partial charge in [0.1, 0.15) is 0 Å². The Labute approximate surface area is 114 Å². The lowest BCUT2D eigenvalue weighted by Crippen LogP contribution is -1.78. The quantitative estimate of drug-likeness (QED) is 0.453. The second kappa shape index (κ2) is 6.62. The van der Waals surface area contributed by atoms with E-state index >= 15 is 0 Å². The summed E-state index contributed by atoms with van der Waals surface area (Å²) in [6, 6.07) is 18.5. The first-order chi connectivity index (χ1) is 8.38. The monoisotopic (exact) mass is 305 g/mol. The molecule has 0 bridgehead atoms. The summed E-state index contributed by atoms with van der Waals surface area (Å²) >= 11 is 4.92. The van der Waals surface area contributed by atoms with Crippen molar-refractivity contribution in [2.24, 2.45) is 4.40 Å². The van der Waals surface area contributed by atoms with Crippen molar-refractivity contribution < 1.29 is 0 Å². The van der Waals surface area contributed by atoms with Crippen LogP contribution in [-0.2, 0) is 5.33 Å². The molecule has 0 fully saturated rings. The summed E-state index contributed by atoms with van der Waals surface area (Å²) in [5, 5.41) is 0.894. The predicted octanol–water partition coefficient (Wildman–Crippen LogP) is 4.71. The Morgan fingerprint density at radius 1 is 1.00 bits per heavy atom. The molecule has 0 unspecified atom stereocenters. The van der Waals surface area contributed by atoms with E-state index in [9.17, 15) is 0 Å². The van der Waals surface area contributed by atoms with Crippen LogP contribution >= 0.6 is 27.9 Å². The summed E-state index contributed by atoms with van der Waals surface area (Å²) in [6.45, 7) is 0. The van der Waals surface area contributed by atoms with Crippen LogP contribution in [0.3, 0.4) is 0 Å². The third-order valence-corrected chi connectivity index (χ3v) is 3.58. The topological polar surface area (TPSA) is 12.4 Å². The van der Waals surface area contributed by atoms with Gasteiger partial charge in [-0.25, -0.2) is 4.40 Å². The lowest BCUT2D eigenvalue weighted by atomic mass is 10.2. The van der Waals surface area contributed by atoms with Crippen molar-refractivity contribution in [1.29, 1.82) is 0 Å². The number of benzene rings is 2. The van der Waals surface area contributed by atoms with Crippen molar-refractivity contribution in [1.82, 2.24) is 0 Å². The molecule has 0 aliphatic heterocycles. The fourth-order valence-electron chi connectivity index (χ4n) is 1.33. The minimum Gasteiger partial charge on any atom is -0.219 e. The van der Waals surface area contributed by atoms with E-state index in [1.165, 1.54) is 17.5 Å². The Morgan fingerprint density at radius 2 is 1.71 bits per heavy atom. The molecule has 0 aliphatic carbocycles. The Morgan fingerprint density at radius 3 is 2.35 bits per heavy atom. The molecule has 0 atom stereocenters. The average molecular weight is 306 g/mol. The molecule has 0 aliphatic rings. The van der Waals surface area contributed by atoms with Crippen LogP contribution in [0.2, 0.25) is 0 Å². The number of alkyl halides is 1. The third-order valence-electron chi connectivity index (χ3n) is 2.24. The van der Waals surface area contributed by atoms with Crippen molar-refractivity contribution in [3.63, 3.8) is 0 Å². The summed E-state index contributed by atoms with van der Waals surface area (Å²) in [7, 11) is 0. The summed E-state index contributed by atoms with van der Waals surface area (Å²) in [6.07, 6.45) is 1.88. The maximum Gasteiger partial charge on any atom is 0.0428 e. The first-order valence-corrected chi connectivity index (χ1v) is 7.18. The van der Waals surface area contributed by atoms with E-state index in [0.29, 0.717) is 0 Å². The van der Waals surface area contributed by atoms with Gasteiger partial charge in [0.2, 0.25) is 0 Å². The lowest BCUT2D eigenvalue weighted by Gasteiger charge is -1.97. The number of rotatable bonds is 4. The third kappa shape index (κ3) is 4.02. The second-order valence-electron chi connectivity index (χ2n) is 3.51. The van der Waals surface area contributed by atoms with Crippen molar-refractivity contribution >= 4 is 34.1 Å². The van der Waals surface area contributed by atoms with Crippen LogP contribution in [0.25, 0.3) is 0 Å². The number of hydrogen-bond acceptors (Lipinski definition) is 2. The largest absolute Gasteiger partial charge is 0.219 e. The summed E-state index contributed by atoms with van der Waals surface area (Å²) in [5.74, 6) is 0. The maximum absolute atomic E-state index is 4.35. The van der Waals surface area contributed by atoms with Gasteiger partial charge in [-0.05, 0) is 23.3 Å². The molecule has 0 saturated heterocycles. The van der Waals surface area contributed by atoms with E-state index in [-0.39, 0.29) is 0 Å². The van der Waals surface area contributed by atoms with Gasteiger partial charge in [0, 0.05) is 28.4 Å². The van der Waals surface area contributed by atoms with Crippen molar-refractivity contribution in [3.05, 3.63) is 65.7 Å². The molecular formula is C14H12BrNS. The average Bonchev–Trinajstić information content (AvgIpc) is 2.41. The van der Waals surface area contributed by atoms with Crippen LogP contribution in [0.15, 0.2) is 63.9 Å². The van der Waals surface area contributed by atoms with Gasteiger partial charge < -0.3 is 0 Å². The fourth-order valence-corrected chi connectivity index (χ4v) is 2.25. The Bertz CT molecular complexity index is 479. The van der Waals surface area contributed by atoms with Crippen LogP contribution in [0.4, 0.5) is 0 Å². The first-order valence-electron chi connectivity index (χ1n) is 5.29. The first kappa shape index (κ1) is 12.4. The standard InChI is InChI=1S/C14H12BrNS/c15-10-12-6-8-14(9-7-12)17-16-11-13-4-2-1-3-5-13/h1-9,11H,10H2/b16-11+. The van der Waals surface area contributed by atoms with E-state index in [4.69, 9.17) is 0 Å². The number of halogens is 1. The maximum atomic E-state index is 4.35. The van der Waals surface area contributed by atoms with E-state index in [1.54, 1.807) is 0 Å². The Balaban J connectivity index is 1.95. The van der Waals surface area contributed by atoms with Crippen LogP contribution in [0.1, 0.15) is 11.1 Å². The summed E-state index contributed by atoms with van der Waals surface area (Å²) in [4.78, 5) is 1.15. The molecular weight excluding hydrogens is 294 g/mol. The minimum absolute atomic E-state index is 0.894. The molecule has 0 heterocycles. The molecule has 86 valence electrons. The Hall–Kier alpha value is -1.06. The molecule has 0 aromatic heterocycles. The molecule has 0 amide bonds. The van der Waals surface area contributed by atoms with E-state index in [0.717, 1.165) is 15.8 Å². The fraction of sp³-hybridized carbons (Fsp3) is 0.0714.